The van der Waals surface area contributed by atoms with Crippen molar-refractivity contribution in [2.75, 3.05) is 0 Å². The van der Waals surface area contributed by atoms with Gasteiger partial charge in [-0.2, -0.15) is 10.4 Å². The molecule has 1 aromatic carbocycles. The van der Waals surface area contributed by atoms with Gasteiger partial charge in [0, 0.05) is 25.8 Å². The normalized spacial score (nSPS) is 12.0. The lowest BCUT2D eigenvalue weighted by Gasteiger charge is -2.15. The van der Waals surface area contributed by atoms with E-state index >= 15 is 0 Å². The molecule has 0 saturated carbocycles. The zero-order valence-electron chi connectivity index (χ0n) is 10.4. The van der Waals surface area contributed by atoms with Crippen LogP contribution in [0.3, 0.4) is 0 Å². The van der Waals surface area contributed by atoms with Gasteiger partial charge in [0.15, 0.2) is 0 Å². The number of nitrogens with one attached hydrogen (secondary N) is 1. The summed E-state index contributed by atoms with van der Waals surface area (Å²) in [5.41, 5.74) is 2.12. The number of aryl methyl sites for hydroxylation is 1. The molecule has 92 valence electrons. The Labute approximate surface area is 107 Å². The molecule has 0 aliphatic rings. The van der Waals surface area contributed by atoms with E-state index in [4.69, 9.17) is 5.26 Å². The van der Waals surface area contributed by atoms with Crippen LogP contribution in [0, 0.1) is 11.3 Å². The predicted octanol–water partition coefficient (Wildman–Crippen LogP) is 2.16. The summed E-state index contributed by atoms with van der Waals surface area (Å²) in [7, 11) is 1.90. The van der Waals surface area contributed by atoms with Crippen LogP contribution in [0.5, 0.6) is 0 Å². The molecule has 1 aromatic heterocycles. The van der Waals surface area contributed by atoms with E-state index in [9.17, 15) is 0 Å². The Balaban J connectivity index is 2.01. The van der Waals surface area contributed by atoms with Crippen LogP contribution in [-0.2, 0) is 13.6 Å². The molecule has 18 heavy (non-hydrogen) atoms. The maximum Gasteiger partial charge on any atom is 0.0762 e. The zero-order valence-corrected chi connectivity index (χ0v) is 10.4. The van der Waals surface area contributed by atoms with Gasteiger partial charge in [-0.25, -0.2) is 0 Å². The monoisotopic (exact) mass is 240 g/mol. The Morgan fingerprint density at radius 2 is 2.11 bits per heavy atom. The van der Waals surface area contributed by atoms with E-state index in [1.165, 1.54) is 0 Å². The molecule has 0 amide bonds. The highest BCUT2D eigenvalue weighted by Crippen LogP contribution is 2.16. The van der Waals surface area contributed by atoms with Crippen molar-refractivity contribution in [3.05, 3.63) is 53.9 Å². The molecular weight excluding hydrogens is 224 g/mol. The van der Waals surface area contributed by atoms with Gasteiger partial charge in [-0.1, -0.05) is 30.3 Å². The Hall–Kier alpha value is -2.12. The number of aromatic nitrogens is 2. The third-order valence-corrected chi connectivity index (χ3v) is 2.80. The van der Waals surface area contributed by atoms with Gasteiger partial charge < -0.3 is 5.32 Å². The zero-order chi connectivity index (χ0) is 12.8. The molecule has 1 heterocycles. The Bertz CT molecular complexity index is 524. The van der Waals surface area contributed by atoms with Crippen LogP contribution in [-0.4, -0.2) is 9.78 Å². The third-order valence-electron chi connectivity index (χ3n) is 2.80. The van der Waals surface area contributed by atoms with Gasteiger partial charge in [-0.05, 0) is 11.6 Å². The van der Waals surface area contributed by atoms with Crippen LogP contribution in [0.15, 0.2) is 42.6 Å². The number of hydrogen-bond acceptors (Lipinski definition) is 3. The molecule has 0 bridgehead atoms. The maximum absolute atomic E-state index is 8.89. The minimum absolute atomic E-state index is 0.0539. The molecule has 2 aromatic rings. The fourth-order valence-electron chi connectivity index (χ4n) is 1.87. The van der Waals surface area contributed by atoms with Gasteiger partial charge in [-0.15, -0.1) is 0 Å². The maximum atomic E-state index is 8.89. The van der Waals surface area contributed by atoms with E-state index in [0.29, 0.717) is 13.0 Å². The smallest absolute Gasteiger partial charge is 0.0762 e. The fourth-order valence-corrected chi connectivity index (χ4v) is 1.87. The minimum atomic E-state index is 0.0539. The second-order valence-electron chi connectivity index (χ2n) is 4.19. The highest BCUT2D eigenvalue weighted by molar-refractivity contribution is 5.20. The van der Waals surface area contributed by atoms with E-state index in [0.717, 1.165) is 11.3 Å². The van der Waals surface area contributed by atoms with E-state index in [2.05, 4.69) is 16.5 Å². The van der Waals surface area contributed by atoms with Crippen molar-refractivity contribution in [1.29, 1.82) is 5.26 Å². The van der Waals surface area contributed by atoms with Gasteiger partial charge in [0.05, 0.1) is 18.2 Å². The SMILES string of the molecule is Cn1ccc(CNC(CC#N)c2ccccc2)n1. The standard InChI is InChI=1S/C14H16N4/c1-18-10-8-13(17-18)11-16-14(7-9-15)12-5-3-2-4-6-12/h2-6,8,10,14,16H,7,11H2,1H3. The average molecular weight is 240 g/mol. The van der Waals surface area contributed by atoms with Crippen molar-refractivity contribution in [2.24, 2.45) is 7.05 Å². The summed E-state index contributed by atoms with van der Waals surface area (Å²) in [4.78, 5) is 0. The summed E-state index contributed by atoms with van der Waals surface area (Å²) in [5, 5.41) is 16.6. The predicted molar refractivity (Wildman–Crippen MR) is 69.5 cm³/mol. The van der Waals surface area contributed by atoms with Crippen molar-refractivity contribution >= 4 is 0 Å². The van der Waals surface area contributed by atoms with Crippen LogP contribution >= 0.6 is 0 Å². The average Bonchev–Trinajstić information content (AvgIpc) is 2.81. The summed E-state index contributed by atoms with van der Waals surface area (Å²) >= 11 is 0. The van der Waals surface area contributed by atoms with E-state index in [1.807, 2.05) is 49.6 Å². The number of nitriles is 1. The van der Waals surface area contributed by atoms with Crippen LogP contribution < -0.4 is 5.32 Å². The number of nitrogens with zero attached hydrogens (tertiary/aromatic N) is 3. The third kappa shape index (κ3) is 3.19. The Morgan fingerprint density at radius 3 is 2.72 bits per heavy atom. The quantitative estimate of drug-likeness (QED) is 0.871. The fraction of sp³-hybridized carbons (Fsp3) is 0.286. The number of hydrogen-bond donors (Lipinski definition) is 1. The molecule has 2 rings (SSSR count). The molecule has 1 atom stereocenters. The Kier molecular flexibility index (Phi) is 4.11. The second-order valence-corrected chi connectivity index (χ2v) is 4.19. The molecule has 0 aliphatic heterocycles. The summed E-state index contributed by atoms with van der Waals surface area (Å²) < 4.78 is 1.78. The van der Waals surface area contributed by atoms with Crippen LogP contribution in [0.2, 0.25) is 0 Å². The van der Waals surface area contributed by atoms with Crippen molar-refractivity contribution in [3.63, 3.8) is 0 Å². The van der Waals surface area contributed by atoms with Crippen molar-refractivity contribution in [1.82, 2.24) is 15.1 Å². The molecule has 4 nitrogen and oxygen atoms in total. The van der Waals surface area contributed by atoms with Crippen molar-refractivity contribution in [2.45, 2.75) is 19.0 Å². The summed E-state index contributed by atoms with van der Waals surface area (Å²) in [6.45, 7) is 0.669. The van der Waals surface area contributed by atoms with Gasteiger partial charge in [-0.3, -0.25) is 4.68 Å². The Morgan fingerprint density at radius 1 is 1.33 bits per heavy atom. The first-order valence-corrected chi connectivity index (χ1v) is 5.93. The number of benzene rings is 1. The van der Waals surface area contributed by atoms with Gasteiger partial charge in [0.1, 0.15) is 0 Å². The molecule has 1 unspecified atom stereocenters. The first-order valence-electron chi connectivity index (χ1n) is 5.93. The molecular formula is C14H16N4. The molecule has 0 saturated heterocycles. The van der Waals surface area contributed by atoms with E-state index < -0.39 is 0 Å². The molecule has 0 spiro atoms. The first kappa shape index (κ1) is 12.3. The van der Waals surface area contributed by atoms with Crippen molar-refractivity contribution < 1.29 is 0 Å². The molecule has 0 fully saturated rings. The highest BCUT2D eigenvalue weighted by atomic mass is 15.3. The lowest BCUT2D eigenvalue weighted by atomic mass is 10.0. The van der Waals surface area contributed by atoms with Gasteiger partial charge in [0.25, 0.3) is 0 Å². The van der Waals surface area contributed by atoms with Crippen LogP contribution in [0.25, 0.3) is 0 Å². The topological polar surface area (TPSA) is 53.6 Å². The van der Waals surface area contributed by atoms with E-state index in [-0.39, 0.29) is 6.04 Å². The largest absolute Gasteiger partial charge is 0.303 e. The molecule has 1 N–H and O–H groups in total. The van der Waals surface area contributed by atoms with Crippen LogP contribution in [0.4, 0.5) is 0 Å². The molecule has 0 aliphatic carbocycles. The minimum Gasteiger partial charge on any atom is -0.303 e. The summed E-state index contributed by atoms with van der Waals surface area (Å²) in [6.07, 6.45) is 2.37. The molecule has 4 heteroatoms. The van der Waals surface area contributed by atoms with Gasteiger partial charge in [0.2, 0.25) is 0 Å². The first-order chi connectivity index (χ1) is 8.79. The van der Waals surface area contributed by atoms with Crippen molar-refractivity contribution in [3.8, 4) is 6.07 Å². The van der Waals surface area contributed by atoms with Gasteiger partial charge >= 0.3 is 0 Å². The second kappa shape index (κ2) is 5.99. The lowest BCUT2D eigenvalue weighted by Crippen LogP contribution is -2.20. The highest BCUT2D eigenvalue weighted by Gasteiger charge is 2.10. The summed E-state index contributed by atoms with van der Waals surface area (Å²) in [5.74, 6) is 0. The molecule has 0 radical (unpaired) electrons. The summed E-state index contributed by atoms with van der Waals surface area (Å²) in [6, 6.07) is 14.3. The van der Waals surface area contributed by atoms with Crippen LogP contribution in [0.1, 0.15) is 23.7 Å². The van der Waals surface area contributed by atoms with E-state index in [1.54, 1.807) is 4.68 Å². The number of rotatable bonds is 5. The lowest BCUT2D eigenvalue weighted by molar-refractivity contribution is 0.533.